The Morgan fingerprint density at radius 1 is 0.783 bits per heavy atom. The maximum absolute atomic E-state index is 13.7. The third kappa shape index (κ3) is 4.90. The molecule has 230 valence electrons. The molecule has 16 nitrogen and oxygen atoms in total. The van der Waals surface area contributed by atoms with E-state index in [1.807, 2.05) is 32.0 Å². The number of nitrogen functional groups attached to an aromatic ring is 2. The molecule has 0 bridgehead atoms. The van der Waals surface area contributed by atoms with Crippen LogP contribution in [0.1, 0.15) is 19.4 Å². The first-order valence-electron chi connectivity index (χ1n) is 14.2. The van der Waals surface area contributed by atoms with Crippen LogP contribution in [0.3, 0.4) is 0 Å². The van der Waals surface area contributed by atoms with Gasteiger partial charge in [-0.05, 0) is 37.6 Å². The molecule has 0 aliphatic carbocycles. The Kier molecular flexibility index (Phi) is 7.00. The Hall–Kier alpha value is -6.32. The van der Waals surface area contributed by atoms with E-state index in [-0.39, 0.29) is 47.4 Å². The second-order valence-electron chi connectivity index (χ2n) is 9.97. The number of carbonyl (C=O) groups excluding carboxylic acids is 1. The normalized spacial score (nSPS) is 12.5. The van der Waals surface area contributed by atoms with Crippen LogP contribution in [0.5, 0.6) is 17.6 Å². The van der Waals surface area contributed by atoms with Crippen LogP contribution >= 0.6 is 0 Å². The van der Waals surface area contributed by atoms with E-state index >= 15 is 0 Å². The summed E-state index contributed by atoms with van der Waals surface area (Å²) >= 11 is 0. The molecule has 4 N–H and O–H groups in total. The monoisotopic (exact) mass is 618 g/mol. The van der Waals surface area contributed by atoms with Crippen molar-refractivity contribution in [3.05, 3.63) is 48.3 Å². The lowest BCUT2D eigenvalue weighted by atomic mass is 10.1. The van der Waals surface area contributed by atoms with Crippen LogP contribution < -0.4 is 30.6 Å². The predicted octanol–water partition coefficient (Wildman–Crippen LogP) is 3.07. The summed E-state index contributed by atoms with van der Waals surface area (Å²) in [6.07, 6.45) is 3.28. The van der Waals surface area contributed by atoms with Crippen molar-refractivity contribution in [1.82, 2.24) is 44.9 Å². The average molecular weight is 619 g/mol. The molecule has 1 aliphatic rings. The van der Waals surface area contributed by atoms with Gasteiger partial charge in [0.25, 0.3) is 0 Å². The minimum Gasteiger partial charge on any atom is -0.481 e. The lowest BCUT2D eigenvalue weighted by Gasteiger charge is -2.20. The maximum atomic E-state index is 13.7. The number of carbonyl (C=O) groups is 1. The highest BCUT2D eigenvalue weighted by atomic mass is 16.5. The number of nitrogens with two attached hydrogens (primary N) is 2. The topological polar surface area (TPSA) is 216 Å². The number of nitrogens with zero attached hydrogens (tertiary/aromatic N) is 10. The molecule has 46 heavy (non-hydrogen) atoms. The molecule has 7 rings (SSSR count). The number of ether oxygens (including phenoxy) is 3. The fraction of sp³-hybridized carbons (Fsp3) is 0.200. The quantitative estimate of drug-likeness (QED) is 0.250. The Bertz CT molecular complexity index is 2160. The first-order valence-corrected chi connectivity index (χ1v) is 14.2. The second kappa shape index (κ2) is 11.3. The first kappa shape index (κ1) is 28.5. The Labute approximate surface area is 260 Å². The number of fused-ring (bicyclic) bond motifs is 3. The molecule has 5 aromatic heterocycles. The highest BCUT2D eigenvalue weighted by molar-refractivity contribution is 6.09. The Balaban J connectivity index is 1.36. The number of benzene rings is 1. The van der Waals surface area contributed by atoms with Crippen LogP contribution in [0.25, 0.3) is 44.8 Å². The van der Waals surface area contributed by atoms with Crippen LogP contribution in [0.2, 0.25) is 0 Å². The maximum Gasteiger partial charge on any atom is 0.247 e. The van der Waals surface area contributed by atoms with Crippen molar-refractivity contribution in [2.24, 2.45) is 0 Å². The van der Waals surface area contributed by atoms with Crippen molar-refractivity contribution < 1.29 is 19.0 Å². The van der Waals surface area contributed by atoms with Gasteiger partial charge >= 0.3 is 0 Å². The second-order valence-corrected chi connectivity index (χ2v) is 9.97. The highest BCUT2D eigenvalue weighted by Crippen LogP contribution is 2.41. The van der Waals surface area contributed by atoms with Crippen molar-refractivity contribution >= 4 is 51.6 Å². The van der Waals surface area contributed by atoms with Gasteiger partial charge in [-0.3, -0.25) is 9.69 Å². The number of anilines is 4. The standard InChI is InChI=1S/C30H26N12O4/c1-4-45-27-22-24(38-29(31)40-27)34-13-17(35-22)14-6-8-18-16(10-14)11-20(43)42(18)26-21(15-7-9-19(44-3)33-12-15)36-23-25(37-26)39-30(32)41-28(23)46-5-2/h6-10,12-13H,4-5,11H2,1-3H3,(H2,31,34,38,40)(H2,32,37,39,41). The van der Waals surface area contributed by atoms with Crippen LogP contribution in [-0.2, 0) is 11.2 Å². The third-order valence-corrected chi connectivity index (χ3v) is 7.09. The van der Waals surface area contributed by atoms with Gasteiger partial charge in [0.1, 0.15) is 5.69 Å². The minimum atomic E-state index is -0.220. The fourth-order valence-electron chi connectivity index (χ4n) is 5.15. The van der Waals surface area contributed by atoms with Gasteiger partial charge in [-0.15, -0.1) is 0 Å². The molecule has 0 saturated heterocycles. The number of hydrogen-bond acceptors (Lipinski definition) is 15. The molecule has 6 aromatic rings. The van der Waals surface area contributed by atoms with E-state index in [1.165, 1.54) is 12.0 Å². The molecule has 0 saturated carbocycles. The van der Waals surface area contributed by atoms with Crippen molar-refractivity contribution in [3.8, 4) is 40.2 Å². The molecule has 6 heterocycles. The van der Waals surface area contributed by atoms with Gasteiger partial charge in [-0.25, -0.2) is 24.9 Å². The number of amides is 1. The molecule has 1 amide bonds. The van der Waals surface area contributed by atoms with Gasteiger partial charge in [-0.1, -0.05) is 6.07 Å². The molecule has 0 spiro atoms. The Morgan fingerprint density at radius 2 is 1.48 bits per heavy atom. The summed E-state index contributed by atoms with van der Waals surface area (Å²) in [4.78, 5) is 55.2. The smallest absolute Gasteiger partial charge is 0.247 e. The first-order chi connectivity index (χ1) is 22.4. The zero-order valence-corrected chi connectivity index (χ0v) is 24.9. The Morgan fingerprint density at radius 3 is 2.15 bits per heavy atom. The summed E-state index contributed by atoms with van der Waals surface area (Å²) in [5, 5.41) is 0. The molecule has 0 unspecified atom stereocenters. The number of hydrogen-bond donors (Lipinski definition) is 2. The molecular weight excluding hydrogens is 592 g/mol. The van der Waals surface area contributed by atoms with E-state index in [0.717, 1.165) is 11.1 Å². The molecule has 0 atom stereocenters. The highest BCUT2D eigenvalue weighted by Gasteiger charge is 2.33. The van der Waals surface area contributed by atoms with E-state index < -0.39 is 0 Å². The van der Waals surface area contributed by atoms with E-state index in [0.29, 0.717) is 58.4 Å². The third-order valence-electron chi connectivity index (χ3n) is 7.09. The van der Waals surface area contributed by atoms with Gasteiger partial charge in [0.15, 0.2) is 28.1 Å². The molecule has 16 heteroatoms. The number of rotatable bonds is 8. The van der Waals surface area contributed by atoms with Crippen molar-refractivity contribution in [2.45, 2.75) is 20.3 Å². The van der Waals surface area contributed by atoms with Crippen molar-refractivity contribution in [3.63, 3.8) is 0 Å². The predicted molar refractivity (Wildman–Crippen MR) is 167 cm³/mol. The zero-order valence-electron chi connectivity index (χ0n) is 24.9. The van der Waals surface area contributed by atoms with Gasteiger partial charge in [0, 0.05) is 23.4 Å². The fourth-order valence-corrected chi connectivity index (χ4v) is 5.15. The molecule has 1 aliphatic heterocycles. The summed E-state index contributed by atoms with van der Waals surface area (Å²) in [5.74, 6) is 0.876. The minimum absolute atomic E-state index is 0.0371. The number of pyridine rings is 1. The van der Waals surface area contributed by atoms with Crippen LogP contribution in [-0.4, -0.2) is 71.1 Å². The van der Waals surface area contributed by atoms with E-state index in [1.54, 1.807) is 24.5 Å². The SMILES string of the molecule is CCOc1nc(N)nc2ncc(-c3ccc4c(c3)CC(=O)N4c3nc4nc(N)nc(OCC)c4nc3-c3ccc(OC)nc3)nc12. The van der Waals surface area contributed by atoms with Gasteiger partial charge in [0.05, 0.1) is 44.3 Å². The number of aromatic nitrogens is 9. The summed E-state index contributed by atoms with van der Waals surface area (Å²) < 4.78 is 16.6. The van der Waals surface area contributed by atoms with Crippen LogP contribution in [0.15, 0.2) is 42.7 Å². The van der Waals surface area contributed by atoms with E-state index in [2.05, 4.69) is 29.9 Å². The zero-order chi connectivity index (χ0) is 31.9. The molecule has 1 aromatic carbocycles. The lowest BCUT2D eigenvalue weighted by molar-refractivity contribution is -0.116. The summed E-state index contributed by atoms with van der Waals surface area (Å²) in [6, 6.07) is 9.03. The van der Waals surface area contributed by atoms with Crippen molar-refractivity contribution in [2.75, 3.05) is 36.7 Å². The van der Waals surface area contributed by atoms with Gasteiger partial charge in [-0.2, -0.15) is 19.9 Å². The summed E-state index contributed by atoms with van der Waals surface area (Å²) in [7, 11) is 1.53. The van der Waals surface area contributed by atoms with Crippen molar-refractivity contribution in [1.29, 1.82) is 0 Å². The summed E-state index contributed by atoms with van der Waals surface area (Å²) in [6.45, 7) is 4.34. The van der Waals surface area contributed by atoms with Crippen LogP contribution in [0.4, 0.5) is 23.4 Å². The number of methoxy groups -OCH3 is 1. The van der Waals surface area contributed by atoms with Gasteiger partial charge in [0.2, 0.25) is 35.4 Å². The van der Waals surface area contributed by atoms with Crippen LogP contribution in [0, 0.1) is 0 Å². The largest absolute Gasteiger partial charge is 0.481 e. The molecule has 0 radical (unpaired) electrons. The van der Waals surface area contributed by atoms with Gasteiger partial charge < -0.3 is 25.7 Å². The molecular formula is C30H26N12O4. The van der Waals surface area contributed by atoms with E-state index in [9.17, 15) is 4.79 Å². The average Bonchev–Trinajstić information content (AvgIpc) is 3.39. The molecule has 0 fully saturated rings. The lowest BCUT2D eigenvalue weighted by Crippen LogP contribution is -2.23. The summed E-state index contributed by atoms with van der Waals surface area (Å²) in [5.41, 5.74) is 16.5. The van der Waals surface area contributed by atoms with E-state index in [4.69, 9.17) is 40.6 Å².